The molecule has 4 unspecified atom stereocenters. The monoisotopic (exact) mass is 284 g/mol. The van der Waals surface area contributed by atoms with Crippen molar-refractivity contribution in [1.29, 1.82) is 0 Å². The summed E-state index contributed by atoms with van der Waals surface area (Å²) in [5.41, 5.74) is 0.177. The number of likely N-dealkylation sites (N-methyl/N-ethyl adjacent to an activating group) is 2. The summed E-state index contributed by atoms with van der Waals surface area (Å²) in [6.45, 7) is 7.18. The van der Waals surface area contributed by atoms with E-state index >= 15 is 0 Å². The van der Waals surface area contributed by atoms with Crippen molar-refractivity contribution < 1.29 is 9.47 Å². The minimum absolute atomic E-state index is 0.00101. The molecule has 0 saturated carbocycles. The van der Waals surface area contributed by atoms with E-state index in [9.17, 15) is 0 Å². The van der Waals surface area contributed by atoms with Crippen LogP contribution in [0.15, 0.2) is 0 Å². The van der Waals surface area contributed by atoms with Crippen molar-refractivity contribution in [2.24, 2.45) is 5.92 Å². The maximum Gasteiger partial charge on any atom is 0.0939 e. The van der Waals surface area contributed by atoms with Crippen LogP contribution in [0.2, 0.25) is 0 Å². The molecule has 0 aliphatic carbocycles. The van der Waals surface area contributed by atoms with Crippen LogP contribution in [0.25, 0.3) is 0 Å². The van der Waals surface area contributed by atoms with Gasteiger partial charge in [-0.2, -0.15) is 0 Å². The maximum absolute atomic E-state index is 6.09. The van der Waals surface area contributed by atoms with Crippen molar-refractivity contribution in [2.45, 2.75) is 56.7 Å². The molecule has 2 saturated heterocycles. The molecule has 2 fully saturated rings. The Morgan fingerprint density at radius 3 is 2.65 bits per heavy atom. The van der Waals surface area contributed by atoms with Crippen LogP contribution in [-0.4, -0.2) is 63.0 Å². The summed E-state index contributed by atoms with van der Waals surface area (Å²) in [7, 11) is 6.50. The fraction of sp³-hybridized carbons (Fsp3) is 1.00. The Morgan fingerprint density at radius 1 is 1.40 bits per heavy atom. The summed E-state index contributed by atoms with van der Waals surface area (Å²) < 4.78 is 11.7. The fourth-order valence-corrected chi connectivity index (χ4v) is 4.08. The second-order valence-corrected chi connectivity index (χ2v) is 6.96. The first kappa shape index (κ1) is 16.2. The van der Waals surface area contributed by atoms with Gasteiger partial charge in [-0.3, -0.25) is 0 Å². The lowest BCUT2D eigenvalue weighted by atomic mass is 9.73. The van der Waals surface area contributed by atoms with E-state index in [0.29, 0.717) is 12.0 Å². The molecule has 20 heavy (non-hydrogen) atoms. The van der Waals surface area contributed by atoms with Crippen LogP contribution in [0, 0.1) is 5.92 Å². The average Bonchev–Trinajstić information content (AvgIpc) is 2.87. The van der Waals surface area contributed by atoms with Gasteiger partial charge in [0.15, 0.2) is 0 Å². The van der Waals surface area contributed by atoms with Crippen LogP contribution < -0.4 is 5.32 Å². The second-order valence-electron chi connectivity index (χ2n) is 6.96. The summed E-state index contributed by atoms with van der Waals surface area (Å²) >= 11 is 0. The third-order valence-electron chi connectivity index (χ3n) is 5.79. The van der Waals surface area contributed by atoms with E-state index in [1.54, 1.807) is 0 Å². The van der Waals surface area contributed by atoms with Crippen LogP contribution in [-0.2, 0) is 9.47 Å². The minimum atomic E-state index is -0.00101. The van der Waals surface area contributed by atoms with Crippen LogP contribution in [0.1, 0.15) is 39.5 Å². The number of ether oxygens (including phenoxy) is 2. The van der Waals surface area contributed by atoms with E-state index in [-0.39, 0.29) is 11.1 Å². The summed E-state index contributed by atoms with van der Waals surface area (Å²) in [5, 5.41) is 3.61. The molecule has 1 spiro atoms. The molecule has 4 atom stereocenters. The lowest BCUT2D eigenvalue weighted by Crippen LogP contribution is -2.61. The van der Waals surface area contributed by atoms with E-state index in [1.807, 2.05) is 0 Å². The molecule has 0 amide bonds. The highest BCUT2D eigenvalue weighted by molar-refractivity contribution is 5.02. The molecular weight excluding hydrogens is 252 g/mol. The van der Waals surface area contributed by atoms with E-state index in [2.05, 4.69) is 45.2 Å². The van der Waals surface area contributed by atoms with Gasteiger partial charge in [0, 0.05) is 31.2 Å². The van der Waals surface area contributed by atoms with Gasteiger partial charge >= 0.3 is 0 Å². The molecule has 0 bridgehead atoms. The normalized spacial score (nSPS) is 35.4. The topological polar surface area (TPSA) is 33.7 Å². The Balaban J connectivity index is 2.14. The Morgan fingerprint density at radius 2 is 2.15 bits per heavy atom. The van der Waals surface area contributed by atoms with Crippen molar-refractivity contribution in [3.05, 3.63) is 0 Å². The quantitative estimate of drug-likeness (QED) is 0.836. The number of hydrogen-bond acceptors (Lipinski definition) is 4. The first-order valence-electron chi connectivity index (χ1n) is 8.04. The van der Waals surface area contributed by atoms with Gasteiger partial charge in [0.2, 0.25) is 0 Å². The maximum atomic E-state index is 6.09. The van der Waals surface area contributed by atoms with E-state index < -0.39 is 0 Å². The third kappa shape index (κ3) is 2.89. The van der Waals surface area contributed by atoms with Gasteiger partial charge in [-0.05, 0) is 53.2 Å². The predicted octanol–water partition coefficient (Wildman–Crippen LogP) is 1.89. The summed E-state index contributed by atoms with van der Waals surface area (Å²) in [5.74, 6) is 0.655. The highest BCUT2D eigenvalue weighted by Crippen LogP contribution is 2.40. The molecule has 2 aliphatic rings. The van der Waals surface area contributed by atoms with E-state index in [1.165, 1.54) is 0 Å². The Hall–Kier alpha value is -0.160. The highest BCUT2D eigenvalue weighted by atomic mass is 16.6. The fourth-order valence-electron chi connectivity index (χ4n) is 4.08. The molecule has 2 rings (SSSR count). The van der Waals surface area contributed by atoms with Crippen molar-refractivity contribution in [3.63, 3.8) is 0 Å². The van der Waals surface area contributed by atoms with Crippen molar-refractivity contribution in [3.8, 4) is 0 Å². The molecule has 118 valence electrons. The molecule has 0 aromatic carbocycles. The number of rotatable bonds is 5. The third-order valence-corrected chi connectivity index (χ3v) is 5.79. The smallest absolute Gasteiger partial charge is 0.0939 e. The van der Waals surface area contributed by atoms with Gasteiger partial charge in [-0.1, -0.05) is 6.92 Å². The van der Waals surface area contributed by atoms with Gasteiger partial charge < -0.3 is 19.7 Å². The zero-order valence-electron chi connectivity index (χ0n) is 13.9. The van der Waals surface area contributed by atoms with Gasteiger partial charge in [0.25, 0.3) is 0 Å². The molecule has 2 heterocycles. The standard InChI is InChI=1S/C16H32N2O2/c1-6-15(2,18(4)5)14(17-3)13-7-9-20-16(11-13)8-10-19-12-16/h13-14,17H,6-12H2,1-5H3. The molecule has 4 heteroatoms. The molecule has 0 aromatic rings. The molecule has 0 radical (unpaired) electrons. The first-order chi connectivity index (χ1) is 9.47. The van der Waals surface area contributed by atoms with Crippen LogP contribution in [0.3, 0.4) is 0 Å². The number of nitrogens with zero attached hydrogens (tertiary/aromatic N) is 1. The van der Waals surface area contributed by atoms with Crippen LogP contribution in [0.5, 0.6) is 0 Å². The van der Waals surface area contributed by atoms with Crippen molar-refractivity contribution in [2.75, 3.05) is 41.0 Å². The van der Waals surface area contributed by atoms with Gasteiger partial charge in [0.05, 0.1) is 12.2 Å². The summed E-state index contributed by atoms with van der Waals surface area (Å²) in [6, 6.07) is 0.490. The molecule has 2 aliphatic heterocycles. The largest absolute Gasteiger partial charge is 0.378 e. The first-order valence-corrected chi connectivity index (χ1v) is 8.04. The van der Waals surface area contributed by atoms with Crippen LogP contribution in [0.4, 0.5) is 0 Å². The minimum Gasteiger partial charge on any atom is -0.378 e. The zero-order valence-corrected chi connectivity index (χ0v) is 13.9. The molecule has 4 nitrogen and oxygen atoms in total. The lowest BCUT2D eigenvalue weighted by Gasteiger charge is -2.49. The predicted molar refractivity (Wildman–Crippen MR) is 82.1 cm³/mol. The zero-order chi connectivity index (χ0) is 14.8. The number of hydrogen-bond donors (Lipinski definition) is 1. The Bertz CT molecular complexity index is 316. The molecular formula is C16H32N2O2. The number of nitrogens with one attached hydrogen (secondary N) is 1. The highest BCUT2D eigenvalue weighted by Gasteiger charge is 2.47. The van der Waals surface area contributed by atoms with Crippen LogP contribution >= 0.6 is 0 Å². The summed E-state index contributed by atoms with van der Waals surface area (Å²) in [6.07, 6.45) is 4.48. The van der Waals surface area contributed by atoms with Crippen molar-refractivity contribution >= 4 is 0 Å². The van der Waals surface area contributed by atoms with Gasteiger partial charge in [-0.15, -0.1) is 0 Å². The van der Waals surface area contributed by atoms with E-state index in [4.69, 9.17) is 9.47 Å². The summed E-state index contributed by atoms with van der Waals surface area (Å²) in [4.78, 5) is 2.38. The van der Waals surface area contributed by atoms with E-state index in [0.717, 1.165) is 45.5 Å². The lowest BCUT2D eigenvalue weighted by molar-refractivity contribution is -0.110. The molecule has 1 N–H and O–H groups in total. The van der Waals surface area contributed by atoms with Gasteiger partial charge in [-0.25, -0.2) is 0 Å². The molecule has 0 aromatic heterocycles. The SMILES string of the molecule is CCC(C)(C(NC)C1CCOC2(CCOC2)C1)N(C)C. The Kier molecular flexibility index (Phi) is 5.11. The van der Waals surface area contributed by atoms with Gasteiger partial charge in [0.1, 0.15) is 0 Å². The second kappa shape index (κ2) is 6.30. The van der Waals surface area contributed by atoms with Crippen molar-refractivity contribution in [1.82, 2.24) is 10.2 Å². The Labute approximate surface area is 124 Å². The average molecular weight is 284 g/mol.